The first-order valence-electron chi connectivity index (χ1n) is 6.46. The number of carbonyl (C=O) groups is 1. The van der Waals surface area contributed by atoms with Crippen LogP contribution in [0.4, 0.5) is 8.78 Å². The average Bonchev–Trinajstić information content (AvgIpc) is 3.14. The fourth-order valence-electron chi connectivity index (χ4n) is 1.84. The Balaban J connectivity index is 1.76. The number of halogens is 2. The molecule has 1 aliphatic rings. The van der Waals surface area contributed by atoms with Gasteiger partial charge in [-0.05, 0) is 26.0 Å². The number of nitrogens with one attached hydrogen (secondary N) is 1. The molecule has 1 fully saturated rings. The van der Waals surface area contributed by atoms with Gasteiger partial charge in [0.05, 0.1) is 0 Å². The molecule has 2 rings (SSSR count). The van der Waals surface area contributed by atoms with Crippen molar-refractivity contribution in [1.29, 1.82) is 0 Å². The Bertz CT molecular complexity index is 461. The van der Waals surface area contributed by atoms with Crippen LogP contribution in [0.15, 0.2) is 18.2 Å². The summed E-state index contributed by atoms with van der Waals surface area (Å²) >= 11 is 0. The molecule has 0 heterocycles. The predicted octanol–water partition coefficient (Wildman–Crippen LogP) is 2.07. The second-order valence-electron chi connectivity index (χ2n) is 5.07. The summed E-state index contributed by atoms with van der Waals surface area (Å²) in [5.41, 5.74) is 0.437. The van der Waals surface area contributed by atoms with Gasteiger partial charge < -0.3 is 10.2 Å². The van der Waals surface area contributed by atoms with Crippen LogP contribution in [0, 0.1) is 11.6 Å². The summed E-state index contributed by atoms with van der Waals surface area (Å²) in [7, 11) is 1.81. The van der Waals surface area contributed by atoms with Crippen LogP contribution in [-0.4, -0.2) is 30.4 Å². The highest BCUT2D eigenvalue weighted by Gasteiger charge is 2.23. The Hall–Kier alpha value is -1.49. The average molecular weight is 268 g/mol. The van der Waals surface area contributed by atoms with Crippen molar-refractivity contribution >= 4 is 5.91 Å². The Morgan fingerprint density at radius 3 is 2.79 bits per heavy atom. The standard InChI is InChI=1S/C14H18F2N2O/c1-18(7-6-14(19)17-12-4-5-12)9-10-2-3-11(15)8-13(10)16/h2-3,8,12H,4-7,9H2,1H3,(H,17,19). The zero-order valence-electron chi connectivity index (χ0n) is 11.0. The van der Waals surface area contributed by atoms with Crippen LogP contribution in [-0.2, 0) is 11.3 Å². The van der Waals surface area contributed by atoms with Crippen molar-refractivity contribution in [3.05, 3.63) is 35.4 Å². The molecule has 104 valence electrons. The van der Waals surface area contributed by atoms with E-state index in [0.29, 0.717) is 31.1 Å². The van der Waals surface area contributed by atoms with Crippen molar-refractivity contribution in [2.75, 3.05) is 13.6 Å². The lowest BCUT2D eigenvalue weighted by Crippen LogP contribution is -2.30. The Morgan fingerprint density at radius 1 is 1.42 bits per heavy atom. The first-order valence-corrected chi connectivity index (χ1v) is 6.46. The third-order valence-corrected chi connectivity index (χ3v) is 3.12. The lowest BCUT2D eigenvalue weighted by atomic mass is 10.2. The summed E-state index contributed by atoms with van der Waals surface area (Å²) in [6.45, 7) is 0.915. The molecule has 19 heavy (non-hydrogen) atoms. The molecule has 0 radical (unpaired) electrons. The van der Waals surface area contributed by atoms with Gasteiger partial charge in [0.2, 0.25) is 5.91 Å². The van der Waals surface area contributed by atoms with Crippen LogP contribution in [0.25, 0.3) is 0 Å². The molecule has 0 aromatic heterocycles. The maximum atomic E-state index is 13.4. The van der Waals surface area contributed by atoms with Crippen molar-refractivity contribution in [3.8, 4) is 0 Å². The SMILES string of the molecule is CN(CCC(=O)NC1CC1)Cc1ccc(F)cc1F. The number of benzene rings is 1. The van der Waals surface area contributed by atoms with Crippen molar-refractivity contribution in [1.82, 2.24) is 10.2 Å². The largest absolute Gasteiger partial charge is 0.353 e. The van der Waals surface area contributed by atoms with E-state index in [1.807, 2.05) is 11.9 Å². The topological polar surface area (TPSA) is 32.3 Å². The van der Waals surface area contributed by atoms with Crippen molar-refractivity contribution in [3.63, 3.8) is 0 Å². The zero-order chi connectivity index (χ0) is 13.8. The van der Waals surface area contributed by atoms with E-state index in [0.717, 1.165) is 18.9 Å². The monoisotopic (exact) mass is 268 g/mol. The molecule has 0 atom stereocenters. The lowest BCUT2D eigenvalue weighted by molar-refractivity contribution is -0.121. The maximum Gasteiger partial charge on any atom is 0.221 e. The first kappa shape index (κ1) is 13.9. The Labute approximate surface area is 111 Å². The Morgan fingerprint density at radius 2 is 2.16 bits per heavy atom. The van der Waals surface area contributed by atoms with Gasteiger partial charge in [-0.15, -0.1) is 0 Å². The summed E-state index contributed by atoms with van der Waals surface area (Å²) in [5, 5.41) is 2.90. The van der Waals surface area contributed by atoms with E-state index in [-0.39, 0.29) is 5.91 Å². The number of carbonyl (C=O) groups excluding carboxylic acids is 1. The normalized spacial score (nSPS) is 14.7. The van der Waals surface area contributed by atoms with Crippen LogP contribution in [0.1, 0.15) is 24.8 Å². The highest BCUT2D eigenvalue weighted by atomic mass is 19.1. The molecule has 0 unspecified atom stereocenters. The van der Waals surface area contributed by atoms with E-state index in [9.17, 15) is 13.6 Å². The van der Waals surface area contributed by atoms with Crippen LogP contribution in [0.3, 0.4) is 0 Å². The fraction of sp³-hybridized carbons (Fsp3) is 0.500. The van der Waals surface area contributed by atoms with Crippen LogP contribution in [0.5, 0.6) is 0 Å². The van der Waals surface area contributed by atoms with Gasteiger partial charge in [0, 0.05) is 37.2 Å². The van der Waals surface area contributed by atoms with Crippen molar-refractivity contribution in [2.45, 2.75) is 31.8 Å². The van der Waals surface area contributed by atoms with Crippen LogP contribution in [0.2, 0.25) is 0 Å². The molecule has 5 heteroatoms. The highest BCUT2D eigenvalue weighted by molar-refractivity contribution is 5.76. The molecule has 0 bridgehead atoms. The number of hydrogen-bond acceptors (Lipinski definition) is 2. The molecule has 0 spiro atoms. The summed E-state index contributed by atoms with van der Waals surface area (Å²) in [4.78, 5) is 13.4. The molecule has 1 amide bonds. The molecular formula is C14H18F2N2O. The lowest BCUT2D eigenvalue weighted by Gasteiger charge is -2.16. The second kappa shape index (κ2) is 6.10. The van der Waals surface area contributed by atoms with E-state index >= 15 is 0 Å². The molecule has 0 aliphatic heterocycles. The molecule has 1 saturated carbocycles. The van der Waals surface area contributed by atoms with E-state index in [2.05, 4.69) is 5.32 Å². The van der Waals surface area contributed by atoms with E-state index in [1.165, 1.54) is 12.1 Å². The van der Waals surface area contributed by atoms with E-state index < -0.39 is 11.6 Å². The quantitative estimate of drug-likeness (QED) is 0.856. The van der Waals surface area contributed by atoms with Crippen molar-refractivity contribution < 1.29 is 13.6 Å². The smallest absolute Gasteiger partial charge is 0.221 e. The predicted molar refractivity (Wildman–Crippen MR) is 68.5 cm³/mol. The third kappa shape index (κ3) is 4.59. The van der Waals surface area contributed by atoms with E-state index in [4.69, 9.17) is 0 Å². The fourth-order valence-corrected chi connectivity index (χ4v) is 1.84. The molecule has 0 saturated heterocycles. The minimum Gasteiger partial charge on any atom is -0.353 e. The molecule has 1 aliphatic carbocycles. The van der Waals surface area contributed by atoms with Gasteiger partial charge in [-0.2, -0.15) is 0 Å². The minimum atomic E-state index is -0.576. The number of nitrogens with zero attached hydrogens (tertiary/aromatic N) is 1. The van der Waals surface area contributed by atoms with Gasteiger partial charge in [-0.3, -0.25) is 4.79 Å². The van der Waals surface area contributed by atoms with Gasteiger partial charge in [0.25, 0.3) is 0 Å². The number of hydrogen-bond donors (Lipinski definition) is 1. The first-order chi connectivity index (χ1) is 9.04. The van der Waals surface area contributed by atoms with Crippen LogP contribution >= 0.6 is 0 Å². The summed E-state index contributed by atoms with van der Waals surface area (Å²) in [5.74, 6) is -1.09. The van der Waals surface area contributed by atoms with E-state index in [1.54, 1.807) is 0 Å². The zero-order valence-corrected chi connectivity index (χ0v) is 11.0. The van der Waals surface area contributed by atoms with Crippen LogP contribution < -0.4 is 5.32 Å². The molecule has 1 N–H and O–H groups in total. The maximum absolute atomic E-state index is 13.4. The number of rotatable bonds is 6. The molecule has 1 aromatic carbocycles. The van der Waals surface area contributed by atoms with Gasteiger partial charge in [-0.25, -0.2) is 8.78 Å². The summed E-state index contributed by atoms with van der Waals surface area (Å²) < 4.78 is 26.2. The molecule has 3 nitrogen and oxygen atoms in total. The highest BCUT2D eigenvalue weighted by Crippen LogP contribution is 2.18. The minimum absolute atomic E-state index is 0.0360. The third-order valence-electron chi connectivity index (χ3n) is 3.12. The van der Waals surface area contributed by atoms with Gasteiger partial charge in [-0.1, -0.05) is 6.07 Å². The van der Waals surface area contributed by atoms with Gasteiger partial charge in [0.15, 0.2) is 0 Å². The molecular weight excluding hydrogens is 250 g/mol. The summed E-state index contributed by atoms with van der Waals surface area (Å²) in [6.07, 6.45) is 2.54. The van der Waals surface area contributed by atoms with Gasteiger partial charge >= 0.3 is 0 Å². The van der Waals surface area contributed by atoms with Crippen molar-refractivity contribution in [2.24, 2.45) is 0 Å². The molecule has 1 aromatic rings. The van der Waals surface area contributed by atoms with Gasteiger partial charge in [0.1, 0.15) is 11.6 Å². The second-order valence-corrected chi connectivity index (χ2v) is 5.07. The summed E-state index contributed by atoms with van der Waals surface area (Å²) in [6, 6.07) is 3.92. The Kier molecular flexibility index (Phi) is 4.47. The number of amides is 1.